The molecule has 0 atom stereocenters. The van der Waals surface area contributed by atoms with Gasteiger partial charge < -0.3 is 10.6 Å². The van der Waals surface area contributed by atoms with Crippen molar-refractivity contribution in [2.45, 2.75) is 6.18 Å². The summed E-state index contributed by atoms with van der Waals surface area (Å²) in [6.45, 7) is 0.166. The first kappa shape index (κ1) is 19.9. The first-order valence-corrected chi connectivity index (χ1v) is 8.16. The highest BCUT2D eigenvalue weighted by atomic mass is 79.9. The van der Waals surface area contributed by atoms with Crippen LogP contribution in [0.4, 0.5) is 17.6 Å². The van der Waals surface area contributed by atoms with Crippen LogP contribution >= 0.6 is 15.9 Å². The van der Waals surface area contributed by atoms with E-state index in [0.29, 0.717) is 4.47 Å². The molecule has 2 aromatic carbocycles. The van der Waals surface area contributed by atoms with Crippen molar-refractivity contribution in [3.05, 3.63) is 69.4 Å². The van der Waals surface area contributed by atoms with Gasteiger partial charge in [-0.2, -0.15) is 13.2 Å². The summed E-state index contributed by atoms with van der Waals surface area (Å²) in [4.78, 5) is 23.8. The highest BCUT2D eigenvalue weighted by Crippen LogP contribution is 2.29. The first-order valence-electron chi connectivity index (χ1n) is 7.37. The quantitative estimate of drug-likeness (QED) is 0.558. The summed E-state index contributed by atoms with van der Waals surface area (Å²) in [5, 5.41) is 5.02. The molecule has 0 saturated carbocycles. The third-order valence-electron chi connectivity index (χ3n) is 3.35. The monoisotopic (exact) mass is 432 g/mol. The molecule has 138 valence electrons. The lowest BCUT2D eigenvalue weighted by Gasteiger charge is -2.09. The molecule has 0 radical (unpaired) electrons. The van der Waals surface area contributed by atoms with Crippen LogP contribution in [-0.2, 0) is 6.18 Å². The van der Waals surface area contributed by atoms with Crippen LogP contribution in [0.5, 0.6) is 0 Å². The number of hydrogen-bond acceptors (Lipinski definition) is 2. The number of hydrogen-bond donors (Lipinski definition) is 2. The lowest BCUT2D eigenvalue weighted by atomic mass is 10.1. The molecule has 0 spiro atoms. The average Bonchev–Trinajstić information content (AvgIpc) is 2.57. The minimum atomic E-state index is -4.46. The van der Waals surface area contributed by atoms with Crippen LogP contribution in [0.1, 0.15) is 26.3 Å². The number of nitrogens with one attached hydrogen (secondary N) is 2. The van der Waals surface area contributed by atoms with E-state index < -0.39 is 29.4 Å². The van der Waals surface area contributed by atoms with Gasteiger partial charge in [-0.3, -0.25) is 9.59 Å². The molecule has 4 nitrogen and oxygen atoms in total. The number of halogens is 5. The van der Waals surface area contributed by atoms with Gasteiger partial charge in [0.1, 0.15) is 5.82 Å². The molecular formula is C17H13BrF4N2O2. The maximum atomic E-state index is 13.0. The number of carbonyl (C=O) groups is 2. The normalized spacial score (nSPS) is 11.1. The van der Waals surface area contributed by atoms with Gasteiger partial charge >= 0.3 is 6.18 Å². The Kier molecular flexibility index (Phi) is 6.36. The summed E-state index contributed by atoms with van der Waals surface area (Å²) in [7, 11) is 0. The Morgan fingerprint density at radius 1 is 0.923 bits per heavy atom. The van der Waals surface area contributed by atoms with Gasteiger partial charge in [-0.15, -0.1) is 0 Å². The second-order valence-electron chi connectivity index (χ2n) is 5.21. The minimum Gasteiger partial charge on any atom is -0.350 e. The summed E-state index contributed by atoms with van der Waals surface area (Å²) < 4.78 is 50.7. The van der Waals surface area contributed by atoms with Crippen LogP contribution in [-0.4, -0.2) is 24.9 Å². The highest BCUT2D eigenvalue weighted by Gasteiger charge is 2.30. The molecule has 0 unspecified atom stereocenters. The van der Waals surface area contributed by atoms with E-state index in [0.717, 1.165) is 36.4 Å². The molecule has 9 heteroatoms. The number of carbonyl (C=O) groups excluding carboxylic acids is 2. The summed E-state index contributed by atoms with van der Waals surface area (Å²) in [5.74, 6) is -1.51. The van der Waals surface area contributed by atoms with Crippen molar-refractivity contribution in [3.8, 4) is 0 Å². The van der Waals surface area contributed by atoms with Crippen molar-refractivity contribution in [1.82, 2.24) is 10.6 Å². The predicted molar refractivity (Wildman–Crippen MR) is 90.2 cm³/mol. The summed E-state index contributed by atoms with van der Waals surface area (Å²) in [6, 6.07) is 7.41. The molecule has 0 fully saturated rings. The zero-order valence-electron chi connectivity index (χ0n) is 13.2. The smallest absolute Gasteiger partial charge is 0.350 e. The average molecular weight is 433 g/mol. The Bertz CT molecular complexity index is 807. The summed E-state index contributed by atoms with van der Waals surface area (Å²) >= 11 is 3.08. The zero-order chi connectivity index (χ0) is 19.3. The molecule has 2 N–H and O–H groups in total. The lowest BCUT2D eigenvalue weighted by Crippen LogP contribution is -2.34. The maximum Gasteiger partial charge on any atom is 0.416 e. The molecule has 0 aliphatic carbocycles. The van der Waals surface area contributed by atoms with Gasteiger partial charge in [0.15, 0.2) is 0 Å². The van der Waals surface area contributed by atoms with Crippen LogP contribution in [0.15, 0.2) is 46.9 Å². The maximum absolute atomic E-state index is 13.0. The summed E-state index contributed by atoms with van der Waals surface area (Å²) in [6.07, 6.45) is -4.46. The number of amides is 2. The Morgan fingerprint density at radius 2 is 1.50 bits per heavy atom. The van der Waals surface area contributed by atoms with E-state index in [1.54, 1.807) is 0 Å². The fourth-order valence-electron chi connectivity index (χ4n) is 2.03. The van der Waals surface area contributed by atoms with Gasteiger partial charge in [0.05, 0.1) is 11.1 Å². The molecule has 0 heterocycles. The molecule has 0 aromatic heterocycles. The van der Waals surface area contributed by atoms with Crippen molar-refractivity contribution in [2.24, 2.45) is 0 Å². The van der Waals surface area contributed by atoms with Crippen molar-refractivity contribution < 1.29 is 27.2 Å². The van der Waals surface area contributed by atoms with Crippen molar-refractivity contribution in [2.75, 3.05) is 13.1 Å². The molecule has 2 amide bonds. The fourth-order valence-corrected chi connectivity index (χ4v) is 2.56. The van der Waals surface area contributed by atoms with Gasteiger partial charge in [-0.05, 0) is 58.4 Å². The zero-order valence-corrected chi connectivity index (χ0v) is 14.7. The third-order valence-corrected chi connectivity index (χ3v) is 4.00. The van der Waals surface area contributed by atoms with Gasteiger partial charge in [0, 0.05) is 23.1 Å². The van der Waals surface area contributed by atoms with Gasteiger partial charge in [0.2, 0.25) is 0 Å². The van der Waals surface area contributed by atoms with E-state index in [2.05, 4.69) is 26.6 Å². The SMILES string of the molecule is O=C(NCCNC(=O)c1ccc(F)cc1Br)c1ccc(C(F)(F)F)cc1. The lowest BCUT2D eigenvalue weighted by molar-refractivity contribution is -0.137. The van der Waals surface area contributed by atoms with Crippen molar-refractivity contribution >= 4 is 27.7 Å². The second kappa shape index (κ2) is 8.31. The highest BCUT2D eigenvalue weighted by molar-refractivity contribution is 9.10. The number of benzene rings is 2. The van der Waals surface area contributed by atoms with Crippen LogP contribution in [0.3, 0.4) is 0 Å². The van der Waals surface area contributed by atoms with E-state index >= 15 is 0 Å². The van der Waals surface area contributed by atoms with Gasteiger partial charge in [0.25, 0.3) is 11.8 Å². The van der Waals surface area contributed by atoms with Crippen LogP contribution in [0, 0.1) is 5.82 Å². The molecule has 2 rings (SSSR count). The van der Waals surface area contributed by atoms with E-state index in [1.807, 2.05) is 0 Å². The fraction of sp³-hybridized carbons (Fsp3) is 0.176. The molecule has 0 bridgehead atoms. The van der Waals surface area contributed by atoms with E-state index in [-0.39, 0.29) is 24.2 Å². The van der Waals surface area contributed by atoms with Gasteiger partial charge in [-0.1, -0.05) is 0 Å². The van der Waals surface area contributed by atoms with Crippen LogP contribution < -0.4 is 10.6 Å². The standard InChI is InChI=1S/C17H13BrF4N2O2/c18-14-9-12(19)5-6-13(14)16(26)24-8-7-23-15(25)10-1-3-11(4-2-10)17(20,21)22/h1-6,9H,7-8H2,(H,23,25)(H,24,26). The van der Waals surface area contributed by atoms with E-state index in [1.165, 1.54) is 6.07 Å². The molecule has 0 aliphatic rings. The molecule has 0 aliphatic heterocycles. The van der Waals surface area contributed by atoms with Crippen molar-refractivity contribution in [3.63, 3.8) is 0 Å². The first-order chi connectivity index (χ1) is 12.2. The predicted octanol–water partition coefficient (Wildman–Crippen LogP) is 3.77. The van der Waals surface area contributed by atoms with Crippen LogP contribution in [0.2, 0.25) is 0 Å². The largest absolute Gasteiger partial charge is 0.416 e. The Morgan fingerprint density at radius 3 is 2.04 bits per heavy atom. The molecule has 2 aromatic rings. The Hall–Kier alpha value is -2.42. The van der Waals surface area contributed by atoms with Gasteiger partial charge in [-0.25, -0.2) is 4.39 Å². The third kappa shape index (κ3) is 5.29. The van der Waals surface area contributed by atoms with E-state index in [4.69, 9.17) is 0 Å². The Labute approximate surface area is 154 Å². The number of alkyl halides is 3. The second-order valence-corrected chi connectivity index (χ2v) is 6.07. The minimum absolute atomic E-state index is 0.0738. The molecule has 26 heavy (non-hydrogen) atoms. The van der Waals surface area contributed by atoms with Crippen molar-refractivity contribution in [1.29, 1.82) is 0 Å². The summed E-state index contributed by atoms with van der Waals surface area (Å²) in [5.41, 5.74) is -0.530. The van der Waals surface area contributed by atoms with Crippen LogP contribution in [0.25, 0.3) is 0 Å². The molecule has 0 saturated heterocycles. The number of rotatable bonds is 5. The topological polar surface area (TPSA) is 58.2 Å². The molecular weight excluding hydrogens is 420 g/mol. The Balaban J connectivity index is 1.82. The van der Waals surface area contributed by atoms with E-state index in [9.17, 15) is 27.2 Å².